The highest BCUT2D eigenvalue weighted by Crippen LogP contribution is 2.36. The summed E-state index contributed by atoms with van der Waals surface area (Å²) in [7, 11) is 0. The van der Waals surface area contributed by atoms with Crippen molar-refractivity contribution in [3.05, 3.63) is 0 Å². The molecule has 3 nitrogen and oxygen atoms in total. The minimum Gasteiger partial charge on any atom is -0.466 e. The Kier molecular flexibility index (Phi) is 3.06. The molecule has 3 heteroatoms. The van der Waals surface area contributed by atoms with Crippen LogP contribution in [0.4, 0.5) is 0 Å². The van der Waals surface area contributed by atoms with Gasteiger partial charge >= 0.3 is 5.97 Å². The smallest absolute Gasteiger partial charge is 0.309 e. The van der Waals surface area contributed by atoms with Crippen LogP contribution in [-0.2, 0) is 9.53 Å². The van der Waals surface area contributed by atoms with Crippen molar-refractivity contribution >= 4 is 5.97 Å². The molecular formula is C11H19NO2. The van der Waals surface area contributed by atoms with Gasteiger partial charge in [0.05, 0.1) is 12.5 Å². The van der Waals surface area contributed by atoms with E-state index in [-0.39, 0.29) is 11.9 Å². The van der Waals surface area contributed by atoms with Crippen molar-refractivity contribution in [2.24, 2.45) is 11.8 Å². The lowest BCUT2D eigenvalue weighted by Crippen LogP contribution is -2.38. The van der Waals surface area contributed by atoms with Gasteiger partial charge in [0.15, 0.2) is 0 Å². The summed E-state index contributed by atoms with van der Waals surface area (Å²) in [6, 6.07) is 0.582. The van der Waals surface area contributed by atoms with Crippen LogP contribution < -0.4 is 5.32 Å². The molecule has 0 spiro atoms. The first kappa shape index (κ1) is 9.97. The molecule has 0 amide bonds. The number of hydrogen-bond acceptors (Lipinski definition) is 3. The third-order valence-corrected chi connectivity index (χ3v) is 3.54. The average molecular weight is 197 g/mol. The monoisotopic (exact) mass is 197 g/mol. The van der Waals surface area contributed by atoms with Crippen molar-refractivity contribution in [1.29, 1.82) is 0 Å². The Balaban J connectivity index is 1.99. The summed E-state index contributed by atoms with van der Waals surface area (Å²) in [5, 5.41) is 3.48. The van der Waals surface area contributed by atoms with Crippen molar-refractivity contribution in [2.75, 3.05) is 13.2 Å². The van der Waals surface area contributed by atoms with Gasteiger partial charge in [0.1, 0.15) is 0 Å². The van der Waals surface area contributed by atoms with Gasteiger partial charge in [-0.15, -0.1) is 0 Å². The van der Waals surface area contributed by atoms with Crippen LogP contribution in [0.25, 0.3) is 0 Å². The minimum atomic E-state index is 0.0332. The quantitative estimate of drug-likeness (QED) is 0.679. The van der Waals surface area contributed by atoms with Gasteiger partial charge in [0.25, 0.3) is 0 Å². The Morgan fingerprint density at radius 3 is 3.07 bits per heavy atom. The third-order valence-electron chi connectivity index (χ3n) is 3.54. The van der Waals surface area contributed by atoms with Crippen LogP contribution in [0.5, 0.6) is 0 Å². The summed E-state index contributed by atoms with van der Waals surface area (Å²) >= 11 is 0. The summed E-state index contributed by atoms with van der Waals surface area (Å²) < 4.78 is 5.12. The number of carbonyl (C=O) groups excluding carboxylic acids is 1. The fraction of sp³-hybridized carbons (Fsp3) is 0.909. The van der Waals surface area contributed by atoms with E-state index >= 15 is 0 Å². The van der Waals surface area contributed by atoms with Crippen LogP contribution in [0.1, 0.15) is 32.6 Å². The van der Waals surface area contributed by atoms with E-state index in [1.54, 1.807) is 0 Å². The molecule has 2 rings (SSSR count). The molecule has 1 heterocycles. The first-order valence-corrected chi connectivity index (χ1v) is 5.73. The molecule has 0 aromatic rings. The van der Waals surface area contributed by atoms with E-state index in [4.69, 9.17) is 4.74 Å². The molecule has 0 aromatic carbocycles. The number of nitrogens with one attached hydrogen (secondary N) is 1. The molecule has 1 aliphatic heterocycles. The molecule has 2 fully saturated rings. The molecule has 1 N–H and O–H groups in total. The lowest BCUT2D eigenvalue weighted by molar-refractivity contribution is -0.151. The van der Waals surface area contributed by atoms with Gasteiger partial charge in [0, 0.05) is 6.04 Å². The van der Waals surface area contributed by atoms with Gasteiger partial charge in [-0.2, -0.15) is 0 Å². The summed E-state index contributed by atoms with van der Waals surface area (Å²) in [6.45, 7) is 3.47. The topological polar surface area (TPSA) is 38.3 Å². The zero-order valence-corrected chi connectivity index (χ0v) is 8.79. The predicted octanol–water partition coefficient (Wildman–Crippen LogP) is 1.33. The van der Waals surface area contributed by atoms with E-state index in [0.717, 1.165) is 25.8 Å². The molecule has 2 aliphatic rings. The second-order valence-electron chi connectivity index (χ2n) is 4.30. The Morgan fingerprint density at radius 1 is 1.43 bits per heavy atom. The molecule has 0 radical (unpaired) electrons. The number of rotatable bonds is 2. The number of esters is 1. The van der Waals surface area contributed by atoms with Crippen molar-refractivity contribution < 1.29 is 9.53 Å². The Bertz CT molecular complexity index is 217. The maximum Gasteiger partial charge on any atom is 0.309 e. The molecule has 1 saturated carbocycles. The standard InChI is InChI=1S/C11H19NO2/c1-2-14-11(13)9-4-3-5-10-8(9)6-7-12-10/h8-10,12H,2-7H2,1H3. The van der Waals surface area contributed by atoms with E-state index in [9.17, 15) is 4.79 Å². The predicted molar refractivity (Wildman–Crippen MR) is 53.9 cm³/mol. The van der Waals surface area contributed by atoms with E-state index in [1.807, 2.05) is 6.92 Å². The van der Waals surface area contributed by atoms with E-state index in [0.29, 0.717) is 18.6 Å². The van der Waals surface area contributed by atoms with Crippen LogP contribution >= 0.6 is 0 Å². The molecule has 1 saturated heterocycles. The van der Waals surface area contributed by atoms with Gasteiger partial charge in [-0.3, -0.25) is 4.79 Å². The van der Waals surface area contributed by atoms with Crippen LogP contribution in [0.15, 0.2) is 0 Å². The van der Waals surface area contributed by atoms with E-state index in [1.165, 1.54) is 6.42 Å². The Labute approximate surface area is 85.2 Å². The van der Waals surface area contributed by atoms with Gasteiger partial charge in [-0.25, -0.2) is 0 Å². The molecule has 80 valence electrons. The maximum absolute atomic E-state index is 11.7. The van der Waals surface area contributed by atoms with E-state index in [2.05, 4.69) is 5.32 Å². The average Bonchev–Trinajstić information content (AvgIpc) is 2.65. The van der Waals surface area contributed by atoms with Crippen LogP contribution in [0, 0.1) is 11.8 Å². The summed E-state index contributed by atoms with van der Waals surface area (Å²) in [5.41, 5.74) is 0. The first-order valence-electron chi connectivity index (χ1n) is 5.73. The van der Waals surface area contributed by atoms with Gasteiger partial charge in [-0.05, 0) is 38.6 Å². The largest absolute Gasteiger partial charge is 0.466 e. The summed E-state index contributed by atoms with van der Waals surface area (Å²) in [4.78, 5) is 11.7. The van der Waals surface area contributed by atoms with Gasteiger partial charge < -0.3 is 10.1 Å². The summed E-state index contributed by atoms with van der Waals surface area (Å²) in [5.74, 6) is 0.748. The van der Waals surface area contributed by atoms with Crippen molar-refractivity contribution in [1.82, 2.24) is 5.32 Å². The van der Waals surface area contributed by atoms with Crippen molar-refractivity contribution in [3.63, 3.8) is 0 Å². The molecule has 3 unspecified atom stereocenters. The van der Waals surface area contributed by atoms with Crippen molar-refractivity contribution in [3.8, 4) is 0 Å². The highest BCUT2D eigenvalue weighted by Gasteiger charge is 2.40. The molecule has 0 bridgehead atoms. The minimum absolute atomic E-state index is 0.0332. The second-order valence-corrected chi connectivity index (χ2v) is 4.30. The molecule has 1 aliphatic carbocycles. The lowest BCUT2D eigenvalue weighted by atomic mass is 9.76. The zero-order chi connectivity index (χ0) is 9.97. The molecule has 3 atom stereocenters. The Hall–Kier alpha value is -0.570. The molecule has 14 heavy (non-hydrogen) atoms. The van der Waals surface area contributed by atoms with Crippen LogP contribution in [-0.4, -0.2) is 25.2 Å². The number of hydrogen-bond donors (Lipinski definition) is 1. The number of ether oxygens (including phenoxy) is 1. The molecular weight excluding hydrogens is 178 g/mol. The van der Waals surface area contributed by atoms with Crippen LogP contribution in [0.2, 0.25) is 0 Å². The highest BCUT2D eigenvalue weighted by molar-refractivity contribution is 5.73. The number of fused-ring (bicyclic) bond motifs is 1. The zero-order valence-electron chi connectivity index (χ0n) is 8.79. The van der Waals surface area contributed by atoms with E-state index < -0.39 is 0 Å². The van der Waals surface area contributed by atoms with Crippen LogP contribution in [0.3, 0.4) is 0 Å². The van der Waals surface area contributed by atoms with Crippen molar-refractivity contribution in [2.45, 2.75) is 38.6 Å². The second kappa shape index (κ2) is 4.30. The maximum atomic E-state index is 11.7. The SMILES string of the molecule is CCOC(=O)C1CCCC2NCCC21. The highest BCUT2D eigenvalue weighted by atomic mass is 16.5. The first-order chi connectivity index (χ1) is 6.83. The third kappa shape index (κ3) is 1.78. The molecule has 0 aromatic heterocycles. The Morgan fingerprint density at radius 2 is 2.29 bits per heavy atom. The fourth-order valence-corrected chi connectivity index (χ4v) is 2.90. The number of carbonyl (C=O) groups is 1. The summed E-state index contributed by atoms with van der Waals surface area (Å²) in [6.07, 6.45) is 4.58. The lowest BCUT2D eigenvalue weighted by Gasteiger charge is -2.31. The fourth-order valence-electron chi connectivity index (χ4n) is 2.90. The van der Waals surface area contributed by atoms with Gasteiger partial charge in [0.2, 0.25) is 0 Å². The normalized spacial score (nSPS) is 36.5. The van der Waals surface area contributed by atoms with Gasteiger partial charge in [-0.1, -0.05) is 6.42 Å².